The van der Waals surface area contributed by atoms with Gasteiger partial charge in [-0.2, -0.15) is 0 Å². The number of aromatic nitrogens is 2. The molecule has 1 fully saturated rings. The molecule has 1 aromatic heterocycles. The van der Waals surface area contributed by atoms with Gasteiger partial charge in [-0.25, -0.2) is 4.98 Å². The van der Waals surface area contributed by atoms with E-state index in [1.54, 1.807) is 28.8 Å². The van der Waals surface area contributed by atoms with Crippen molar-refractivity contribution in [3.8, 4) is 0 Å². The summed E-state index contributed by atoms with van der Waals surface area (Å²) < 4.78 is 1.71. The van der Waals surface area contributed by atoms with Gasteiger partial charge in [-0.15, -0.1) is 0 Å². The van der Waals surface area contributed by atoms with Crippen molar-refractivity contribution in [2.24, 2.45) is 0 Å². The number of benzene rings is 2. The summed E-state index contributed by atoms with van der Waals surface area (Å²) in [6.07, 6.45) is 4.99. The zero-order valence-electron chi connectivity index (χ0n) is 17.1. The first kappa shape index (κ1) is 22.3. The van der Waals surface area contributed by atoms with Crippen molar-refractivity contribution >= 4 is 51.5 Å². The summed E-state index contributed by atoms with van der Waals surface area (Å²) in [5.41, 5.74) is 0.297. The fraction of sp³-hybridized carbons (Fsp3) is 0.318. The number of anilines is 1. The zero-order valence-corrected chi connectivity index (χ0v) is 18.7. The number of hydrogen-bond acceptors (Lipinski definition) is 6. The summed E-state index contributed by atoms with van der Waals surface area (Å²) in [7, 11) is 0. The maximum Gasteiger partial charge on any atom is 0.292 e. The molecule has 10 heteroatoms. The summed E-state index contributed by atoms with van der Waals surface area (Å²) in [5.74, 6) is -0.461. The van der Waals surface area contributed by atoms with Gasteiger partial charge in [-0.3, -0.25) is 24.3 Å². The Balaban J connectivity index is 1.62. The second-order valence-corrected chi connectivity index (χ2v) is 9.01. The number of nitro benzene ring substituents is 1. The molecular weight excluding hydrogens is 452 g/mol. The standard InChI is InChI=1S/C22H21ClN4O4S/c23-14-10-11-16-18(12-14)25-22(26(21(16)29)15-6-2-1-3-7-15)32-13-20(28)24-17-8-4-5-9-19(17)27(30)31/h4-5,8-12,15H,1-3,6-7,13H2,(H,24,28). The van der Waals surface area contributed by atoms with Crippen LogP contribution in [0.4, 0.5) is 11.4 Å². The van der Waals surface area contributed by atoms with Gasteiger partial charge < -0.3 is 5.32 Å². The second-order valence-electron chi connectivity index (χ2n) is 7.63. The van der Waals surface area contributed by atoms with E-state index in [1.165, 1.54) is 18.2 Å². The summed E-state index contributed by atoms with van der Waals surface area (Å²) in [6, 6.07) is 11.0. The van der Waals surface area contributed by atoms with Crippen molar-refractivity contribution in [2.75, 3.05) is 11.1 Å². The number of thioether (sulfide) groups is 1. The number of nitrogens with one attached hydrogen (secondary N) is 1. The highest BCUT2D eigenvalue weighted by molar-refractivity contribution is 7.99. The molecule has 0 saturated heterocycles. The molecule has 2 aromatic carbocycles. The van der Waals surface area contributed by atoms with Gasteiger partial charge in [0.2, 0.25) is 5.91 Å². The van der Waals surface area contributed by atoms with Gasteiger partial charge >= 0.3 is 0 Å². The maximum absolute atomic E-state index is 13.3. The van der Waals surface area contributed by atoms with Gasteiger partial charge in [-0.1, -0.05) is 54.8 Å². The molecular formula is C22H21ClN4O4S. The van der Waals surface area contributed by atoms with E-state index < -0.39 is 10.8 Å². The highest BCUT2D eigenvalue weighted by Gasteiger charge is 2.23. The average molecular weight is 473 g/mol. The third-order valence-corrected chi connectivity index (χ3v) is 6.67. The summed E-state index contributed by atoms with van der Waals surface area (Å²) in [6.45, 7) is 0. The number of amides is 1. The number of carbonyl (C=O) groups excluding carboxylic acids is 1. The highest BCUT2D eigenvalue weighted by Crippen LogP contribution is 2.31. The van der Waals surface area contributed by atoms with E-state index >= 15 is 0 Å². The molecule has 1 amide bonds. The molecule has 1 aliphatic rings. The molecule has 1 heterocycles. The van der Waals surface area contributed by atoms with Crippen molar-refractivity contribution in [1.82, 2.24) is 9.55 Å². The van der Waals surface area contributed by atoms with Crippen molar-refractivity contribution < 1.29 is 9.72 Å². The lowest BCUT2D eigenvalue weighted by molar-refractivity contribution is -0.383. The second kappa shape index (κ2) is 9.70. The molecule has 0 spiro atoms. The Labute approximate surface area is 193 Å². The Morgan fingerprint density at radius 3 is 2.72 bits per heavy atom. The smallest absolute Gasteiger partial charge is 0.292 e. The number of para-hydroxylation sites is 2. The van der Waals surface area contributed by atoms with Crippen LogP contribution in [0.5, 0.6) is 0 Å². The average Bonchev–Trinajstić information content (AvgIpc) is 2.78. The van der Waals surface area contributed by atoms with E-state index in [4.69, 9.17) is 11.6 Å². The Hall–Kier alpha value is -2.91. The summed E-state index contributed by atoms with van der Waals surface area (Å²) in [4.78, 5) is 41.2. The molecule has 1 N–H and O–H groups in total. The molecule has 4 rings (SSSR count). The van der Waals surface area contributed by atoms with Gasteiger partial charge in [0.05, 0.1) is 21.6 Å². The van der Waals surface area contributed by atoms with Gasteiger partial charge in [0, 0.05) is 17.1 Å². The molecule has 32 heavy (non-hydrogen) atoms. The van der Waals surface area contributed by atoms with E-state index in [2.05, 4.69) is 10.3 Å². The Morgan fingerprint density at radius 1 is 1.22 bits per heavy atom. The first-order valence-electron chi connectivity index (χ1n) is 10.3. The fourth-order valence-corrected chi connectivity index (χ4v) is 5.00. The van der Waals surface area contributed by atoms with E-state index in [0.717, 1.165) is 43.9 Å². The predicted molar refractivity (Wildman–Crippen MR) is 126 cm³/mol. The quantitative estimate of drug-likeness (QED) is 0.229. The SMILES string of the molecule is O=C(CSc1nc2cc(Cl)ccc2c(=O)n1C1CCCCC1)Nc1ccccc1[N+](=O)[O-]. The number of fused-ring (bicyclic) bond motifs is 1. The predicted octanol–water partition coefficient (Wildman–Crippen LogP) is 5.19. The molecule has 8 nitrogen and oxygen atoms in total. The van der Waals surface area contributed by atoms with E-state index in [9.17, 15) is 19.7 Å². The van der Waals surface area contributed by atoms with Crippen LogP contribution in [0.3, 0.4) is 0 Å². The molecule has 166 valence electrons. The van der Waals surface area contributed by atoms with Crippen LogP contribution in [-0.4, -0.2) is 26.1 Å². The largest absolute Gasteiger partial charge is 0.320 e. The first-order valence-corrected chi connectivity index (χ1v) is 11.7. The van der Waals surface area contributed by atoms with Crippen LogP contribution in [0.25, 0.3) is 10.9 Å². The van der Waals surface area contributed by atoms with Crippen LogP contribution < -0.4 is 10.9 Å². The van der Waals surface area contributed by atoms with Crippen LogP contribution in [0.15, 0.2) is 52.4 Å². The van der Waals surface area contributed by atoms with Crippen molar-refractivity contribution in [3.05, 3.63) is 68.0 Å². The molecule has 1 saturated carbocycles. The lowest BCUT2D eigenvalue weighted by Gasteiger charge is -2.26. The van der Waals surface area contributed by atoms with Crippen LogP contribution >= 0.6 is 23.4 Å². The minimum Gasteiger partial charge on any atom is -0.320 e. The van der Waals surface area contributed by atoms with Gasteiger partial charge in [-0.05, 0) is 37.1 Å². The number of nitro groups is 1. The number of carbonyl (C=O) groups is 1. The first-order chi connectivity index (χ1) is 15.4. The number of rotatable bonds is 6. The van der Waals surface area contributed by atoms with Crippen LogP contribution in [0, 0.1) is 10.1 Å². The molecule has 0 radical (unpaired) electrons. The maximum atomic E-state index is 13.3. The van der Waals surface area contributed by atoms with Crippen LogP contribution in [0.2, 0.25) is 5.02 Å². The third-order valence-electron chi connectivity index (χ3n) is 5.48. The molecule has 3 aromatic rings. The lowest BCUT2D eigenvalue weighted by Crippen LogP contribution is -2.29. The highest BCUT2D eigenvalue weighted by atomic mass is 35.5. The topological polar surface area (TPSA) is 107 Å². The molecule has 0 unspecified atom stereocenters. The molecule has 0 bridgehead atoms. The fourth-order valence-electron chi connectivity index (χ4n) is 3.97. The minimum absolute atomic E-state index is 0.0320. The van der Waals surface area contributed by atoms with E-state index in [1.807, 2.05) is 0 Å². The molecule has 1 aliphatic carbocycles. The Kier molecular flexibility index (Phi) is 6.76. The zero-order chi connectivity index (χ0) is 22.7. The van der Waals surface area contributed by atoms with Crippen molar-refractivity contribution in [3.63, 3.8) is 0 Å². The molecule has 0 atom stereocenters. The minimum atomic E-state index is -0.544. The number of hydrogen-bond donors (Lipinski definition) is 1. The number of nitrogens with zero attached hydrogens (tertiary/aromatic N) is 3. The van der Waals surface area contributed by atoms with Gasteiger partial charge in [0.25, 0.3) is 11.2 Å². The summed E-state index contributed by atoms with van der Waals surface area (Å²) in [5, 5.41) is 15.2. The van der Waals surface area contributed by atoms with Gasteiger partial charge in [0.1, 0.15) is 5.69 Å². The third kappa shape index (κ3) is 4.78. The Bertz CT molecular complexity index is 1240. The normalized spacial score (nSPS) is 14.4. The van der Waals surface area contributed by atoms with Crippen molar-refractivity contribution in [1.29, 1.82) is 0 Å². The Morgan fingerprint density at radius 2 is 1.97 bits per heavy atom. The molecule has 0 aliphatic heterocycles. The lowest BCUT2D eigenvalue weighted by atomic mass is 9.95. The monoisotopic (exact) mass is 472 g/mol. The van der Waals surface area contributed by atoms with Gasteiger partial charge in [0.15, 0.2) is 5.16 Å². The van der Waals surface area contributed by atoms with E-state index in [0.29, 0.717) is 21.1 Å². The number of halogens is 1. The summed E-state index contributed by atoms with van der Waals surface area (Å²) >= 11 is 7.24. The van der Waals surface area contributed by atoms with Crippen LogP contribution in [-0.2, 0) is 4.79 Å². The van der Waals surface area contributed by atoms with E-state index in [-0.39, 0.29) is 28.7 Å². The van der Waals surface area contributed by atoms with Crippen LogP contribution in [0.1, 0.15) is 38.1 Å². The van der Waals surface area contributed by atoms with Crippen molar-refractivity contribution in [2.45, 2.75) is 43.3 Å².